The van der Waals surface area contributed by atoms with E-state index >= 15 is 0 Å². The van der Waals surface area contributed by atoms with E-state index in [4.69, 9.17) is 11.5 Å². The number of primary amides is 1. The van der Waals surface area contributed by atoms with E-state index in [0.29, 0.717) is 12.2 Å². The van der Waals surface area contributed by atoms with E-state index in [1.54, 1.807) is 12.1 Å². The van der Waals surface area contributed by atoms with Gasteiger partial charge in [-0.25, -0.2) is 0 Å². The third-order valence-electron chi connectivity index (χ3n) is 2.18. The number of anilines is 2. The topological polar surface area (TPSA) is 110 Å². The molecule has 6 heteroatoms. The maximum Gasteiger partial charge on any atom is 0.250 e. The third kappa shape index (κ3) is 3.37. The number of rotatable bonds is 5. The summed E-state index contributed by atoms with van der Waals surface area (Å²) >= 11 is 0. The first-order valence-corrected chi connectivity index (χ1v) is 5.25. The van der Waals surface area contributed by atoms with Gasteiger partial charge in [0.05, 0.1) is 23.5 Å². The van der Waals surface area contributed by atoms with Gasteiger partial charge in [0.25, 0.3) is 5.91 Å². The molecule has 0 saturated carbocycles. The Balaban J connectivity index is 2.75. The van der Waals surface area contributed by atoms with Gasteiger partial charge in [-0.3, -0.25) is 9.59 Å². The van der Waals surface area contributed by atoms with Crippen LogP contribution in [0.2, 0.25) is 0 Å². The smallest absolute Gasteiger partial charge is 0.250 e. The molecule has 17 heavy (non-hydrogen) atoms. The molecule has 1 aromatic carbocycles. The Labute approximate surface area is 99.4 Å². The van der Waals surface area contributed by atoms with E-state index in [2.05, 4.69) is 10.6 Å². The fourth-order valence-electron chi connectivity index (χ4n) is 1.37. The lowest BCUT2D eigenvalue weighted by molar-refractivity contribution is -0.119. The van der Waals surface area contributed by atoms with Crippen LogP contribution in [0.5, 0.6) is 0 Å². The second-order valence-electron chi connectivity index (χ2n) is 3.44. The molecule has 0 heterocycles. The molecule has 0 fully saturated rings. The quantitative estimate of drug-likeness (QED) is 0.536. The number of nitrogens with two attached hydrogens (primary N) is 2. The number of likely N-dealkylation sites (N-methyl/N-ethyl adjacent to an activating group) is 1. The largest absolute Gasteiger partial charge is 0.396 e. The van der Waals surface area contributed by atoms with E-state index in [1.807, 2.05) is 6.92 Å². The second-order valence-corrected chi connectivity index (χ2v) is 3.44. The van der Waals surface area contributed by atoms with Crippen LogP contribution in [0.1, 0.15) is 17.3 Å². The Morgan fingerprint density at radius 2 is 2.06 bits per heavy atom. The molecule has 1 rings (SSSR count). The minimum absolute atomic E-state index is 0.0975. The first kappa shape index (κ1) is 12.8. The summed E-state index contributed by atoms with van der Waals surface area (Å²) in [5.74, 6) is -0.736. The van der Waals surface area contributed by atoms with Gasteiger partial charge in [-0.1, -0.05) is 6.07 Å². The highest BCUT2D eigenvalue weighted by molar-refractivity contribution is 6.01. The molecule has 2 amide bonds. The van der Waals surface area contributed by atoms with E-state index in [-0.39, 0.29) is 23.7 Å². The summed E-state index contributed by atoms with van der Waals surface area (Å²) in [6.45, 7) is 2.50. The molecular weight excluding hydrogens is 220 g/mol. The summed E-state index contributed by atoms with van der Waals surface area (Å²) in [5.41, 5.74) is 11.9. The van der Waals surface area contributed by atoms with Crippen molar-refractivity contribution in [2.75, 3.05) is 24.1 Å². The number of hydrogen-bond acceptors (Lipinski definition) is 4. The van der Waals surface area contributed by atoms with E-state index in [9.17, 15) is 9.59 Å². The van der Waals surface area contributed by atoms with Gasteiger partial charge in [0.2, 0.25) is 5.91 Å². The van der Waals surface area contributed by atoms with Gasteiger partial charge in [0.15, 0.2) is 0 Å². The highest BCUT2D eigenvalue weighted by atomic mass is 16.2. The zero-order valence-electron chi connectivity index (χ0n) is 9.62. The van der Waals surface area contributed by atoms with Gasteiger partial charge in [-0.15, -0.1) is 0 Å². The van der Waals surface area contributed by atoms with Gasteiger partial charge < -0.3 is 22.1 Å². The fourth-order valence-corrected chi connectivity index (χ4v) is 1.37. The molecule has 0 aliphatic rings. The summed E-state index contributed by atoms with van der Waals surface area (Å²) < 4.78 is 0. The van der Waals surface area contributed by atoms with Crippen LogP contribution >= 0.6 is 0 Å². The summed E-state index contributed by atoms with van der Waals surface area (Å²) in [5, 5.41) is 5.49. The van der Waals surface area contributed by atoms with Gasteiger partial charge in [-0.05, 0) is 19.1 Å². The highest BCUT2D eigenvalue weighted by Gasteiger charge is 2.09. The number of nitrogens with one attached hydrogen (secondary N) is 2. The predicted octanol–water partition coefficient (Wildman–Crippen LogP) is -0.0843. The second kappa shape index (κ2) is 5.74. The molecule has 0 bridgehead atoms. The SMILES string of the molecule is CCNC(=O)CNc1cccc(C(N)=O)c1N. The first-order valence-electron chi connectivity index (χ1n) is 5.25. The van der Waals surface area contributed by atoms with Crippen molar-refractivity contribution in [2.24, 2.45) is 5.73 Å². The average molecular weight is 236 g/mol. The molecule has 0 atom stereocenters. The van der Waals surface area contributed by atoms with Crippen molar-refractivity contribution in [3.8, 4) is 0 Å². The van der Waals surface area contributed by atoms with Crippen molar-refractivity contribution in [3.05, 3.63) is 23.8 Å². The lowest BCUT2D eigenvalue weighted by Crippen LogP contribution is -2.29. The maximum absolute atomic E-state index is 11.2. The molecule has 1 aromatic rings. The van der Waals surface area contributed by atoms with Crippen LogP contribution in [-0.4, -0.2) is 24.9 Å². The van der Waals surface area contributed by atoms with Gasteiger partial charge >= 0.3 is 0 Å². The van der Waals surface area contributed by atoms with Gasteiger partial charge in [0, 0.05) is 6.54 Å². The summed E-state index contributed by atoms with van der Waals surface area (Å²) in [6, 6.07) is 4.87. The lowest BCUT2D eigenvalue weighted by atomic mass is 10.1. The van der Waals surface area contributed by atoms with Crippen LogP contribution in [0.3, 0.4) is 0 Å². The van der Waals surface area contributed by atoms with Gasteiger partial charge in [-0.2, -0.15) is 0 Å². The summed E-state index contributed by atoms with van der Waals surface area (Å²) in [4.78, 5) is 22.3. The number of carbonyl (C=O) groups is 2. The number of hydrogen-bond donors (Lipinski definition) is 4. The Hall–Kier alpha value is -2.24. The lowest BCUT2D eigenvalue weighted by Gasteiger charge is -2.11. The average Bonchev–Trinajstić information content (AvgIpc) is 2.27. The third-order valence-corrected chi connectivity index (χ3v) is 2.18. The normalized spacial score (nSPS) is 9.71. The zero-order valence-corrected chi connectivity index (χ0v) is 9.62. The maximum atomic E-state index is 11.2. The van der Waals surface area contributed by atoms with Crippen molar-refractivity contribution < 1.29 is 9.59 Å². The molecule has 0 aliphatic heterocycles. The minimum atomic E-state index is -0.593. The van der Waals surface area contributed by atoms with Crippen LogP contribution < -0.4 is 22.1 Å². The Bertz CT molecular complexity index is 431. The van der Waals surface area contributed by atoms with Crippen LogP contribution in [0.4, 0.5) is 11.4 Å². The van der Waals surface area contributed by atoms with E-state index < -0.39 is 5.91 Å². The van der Waals surface area contributed by atoms with Crippen molar-refractivity contribution in [3.63, 3.8) is 0 Å². The molecule has 0 aromatic heterocycles. The van der Waals surface area contributed by atoms with Crippen molar-refractivity contribution in [1.29, 1.82) is 0 Å². The molecule has 0 saturated heterocycles. The molecule has 92 valence electrons. The van der Waals surface area contributed by atoms with E-state index in [0.717, 1.165) is 0 Å². The van der Waals surface area contributed by atoms with Crippen LogP contribution in [0, 0.1) is 0 Å². The van der Waals surface area contributed by atoms with E-state index in [1.165, 1.54) is 6.07 Å². The molecule has 6 nitrogen and oxygen atoms in total. The number of carbonyl (C=O) groups excluding carboxylic acids is 2. The number of benzene rings is 1. The molecule has 0 spiro atoms. The number of para-hydroxylation sites is 1. The molecule has 0 aliphatic carbocycles. The van der Waals surface area contributed by atoms with Crippen LogP contribution in [0.25, 0.3) is 0 Å². The minimum Gasteiger partial charge on any atom is -0.396 e. The standard InChI is InChI=1S/C11H16N4O2/c1-2-14-9(16)6-15-8-5-3-4-7(10(8)12)11(13)17/h3-5,15H,2,6,12H2,1H3,(H2,13,17)(H,14,16). The molecule has 6 N–H and O–H groups in total. The fraction of sp³-hybridized carbons (Fsp3) is 0.273. The van der Waals surface area contributed by atoms with Crippen LogP contribution in [-0.2, 0) is 4.79 Å². The number of amides is 2. The molecule has 0 unspecified atom stereocenters. The zero-order chi connectivity index (χ0) is 12.8. The Kier molecular flexibility index (Phi) is 4.33. The highest BCUT2D eigenvalue weighted by Crippen LogP contribution is 2.21. The molecular formula is C11H16N4O2. The monoisotopic (exact) mass is 236 g/mol. The summed E-state index contributed by atoms with van der Waals surface area (Å²) in [6.07, 6.45) is 0. The Morgan fingerprint density at radius 3 is 2.65 bits per heavy atom. The van der Waals surface area contributed by atoms with Crippen LogP contribution in [0.15, 0.2) is 18.2 Å². The van der Waals surface area contributed by atoms with Crippen molar-refractivity contribution in [2.45, 2.75) is 6.92 Å². The first-order chi connectivity index (χ1) is 8.06. The molecule has 0 radical (unpaired) electrons. The predicted molar refractivity (Wildman–Crippen MR) is 66.5 cm³/mol. The van der Waals surface area contributed by atoms with Crippen molar-refractivity contribution >= 4 is 23.2 Å². The Morgan fingerprint density at radius 1 is 1.35 bits per heavy atom. The van der Waals surface area contributed by atoms with Crippen molar-refractivity contribution in [1.82, 2.24) is 5.32 Å². The summed E-state index contributed by atoms with van der Waals surface area (Å²) in [7, 11) is 0. The number of nitrogen functional groups attached to an aromatic ring is 1. The van der Waals surface area contributed by atoms with Gasteiger partial charge in [0.1, 0.15) is 0 Å².